The summed E-state index contributed by atoms with van der Waals surface area (Å²) in [6.07, 6.45) is 0.523. The van der Waals surface area contributed by atoms with Gasteiger partial charge in [0, 0.05) is 12.0 Å². The first kappa shape index (κ1) is 13.2. The SMILES string of the molecule is Cc1cc(Cl)c(C(=O)CC(C)(C)C)cc1C. The van der Waals surface area contributed by atoms with Crippen LogP contribution >= 0.6 is 11.6 Å². The maximum Gasteiger partial charge on any atom is 0.164 e. The van der Waals surface area contributed by atoms with Gasteiger partial charge in [-0.1, -0.05) is 32.4 Å². The number of carbonyl (C=O) groups is 1. The average molecular weight is 239 g/mol. The predicted octanol–water partition coefficient (Wildman–Crippen LogP) is 4.58. The highest BCUT2D eigenvalue weighted by Gasteiger charge is 2.19. The molecule has 0 aliphatic heterocycles. The average Bonchev–Trinajstić information content (AvgIpc) is 2.08. The highest BCUT2D eigenvalue weighted by Crippen LogP contribution is 2.27. The van der Waals surface area contributed by atoms with Crippen molar-refractivity contribution < 1.29 is 4.79 Å². The molecule has 0 aromatic heterocycles. The first-order chi connectivity index (χ1) is 7.20. The third-order valence-corrected chi connectivity index (χ3v) is 2.89. The summed E-state index contributed by atoms with van der Waals surface area (Å²) in [5.74, 6) is 0.126. The molecule has 0 amide bonds. The number of halogens is 1. The summed E-state index contributed by atoms with van der Waals surface area (Å²) in [5.41, 5.74) is 2.89. The Bertz CT molecular complexity index is 413. The summed E-state index contributed by atoms with van der Waals surface area (Å²) in [6, 6.07) is 3.76. The normalized spacial score (nSPS) is 11.6. The van der Waals surface area contributed by atoms with Crippen LogP contribution in [0.2, 0.25) is 5.02 Å². The topological polar surface area (TPSA) is 17.1 Å². The van der Waals surface area contributed by atoms with E-state index in [1.165, 1.54) is 0 Å². The summed E-state index contributed by atoms with van der Waals surface area (Å²) in [4.78, 5) is 12.1. The standard InChI is InChI=1S/C14H19ClO/c1-9-6-11(12(15)7-10(9)2)13(16)8-14(3,4)5/h6-7H,8H2,1-5H3. The van der Waals surface area contributed by atoms with Crippen LogP contribution < -0.4 is 0 Å². The van der Waals surface area contributed by atoms with E-state index in [9.17, 15) is 4.79 Å². The lowest BCUT2D eigenvalue weighted by Crippen LogP contribution is -2.13. The van der Waals surface area contributed by atoms with Gasteiger partial charge in [0.25, 0.3) is 0 Å². The van der Waals surface area contributed by atoms with Gasteiger partial charge in [-0.05, 0) is 42.5 Å². The van der Waals surface area contributed by atoms with E-state index in [0.717, 1.165) is 11.1 Å². The minimum atomic E-state index is -0.000791. The molecule has 16 heavy (non-hydrogen) atoms. The monoisotopic (exact) mass is 238 g/mol. The lowest BCUT2D eigenvalue weighted by atomic mass is 9.87. The lowest BCUT2D eigenvalue weighted by Gasteiger charge is -2.17. The highest BCUT2D eigenvalue weighted by molar-refractivity contribution is 6.34. The van der Waals surface area contributed by atoms with E-state index in [1.807, 2.05) is 26.0 Å². The van der Waals surface area contributed by atoms with Gasteiger partial charge in [0.1, 0.15) is 0 Å². The van der Waals surface area contributed by atoms with Gasteiger partial charge in [0.2, 0.25) is 0 Å². The Labute approximate surface area is 103 Å². The fourth-order valence-electron chi connectivity index (χ4n) is 1.57. The van der Waals surface area contributed by atoms with E-state index < -0.39 is 0 Å². The second kappa shape index (κ2) is 4.58. The Morgan fingerprint density at radius 3 is 2.19 bits per heavy atom. The molecular weight excluding hydrogens is 220 g/mol. The molecule has 0 N–H and O–H groups in total. The van der Waals surface area contributed by atoms with Crippen molar-refractivity contribution in [3.8, 4) is 0 Å². The minimum absolute atomic E-state index is 0.000791. The third kappa shape index (κ3) is 3.34. The van der Waals surface area contributed by atoms with Gasteiger partial charge in [-0.15, -0.1) is 0 Å². The lowest BCUT2D eigenvalue weighted by molar-refractivity contribution is 0.0940. The van der Waals surface area contributed by atoms with Crippen LogP contribution in [0.25, 0.3) is 0 Å². The molecule has 1 rings (SSSR count). The summed E-state index contributed by atoms with van der Waals surface area (Å²) >= 11 is 6.10. The van der Waals surface area contributed by atoms with E-state index in [4.69, 9.17) is 11.6 Å². The fraction of sp³-hybridized carbons (Fsp3) is 0.500. The molecule has 0 atom stereocenters. The van der Waals surface area contributed by atoms with Crippen molar-refractivity contribution in [1.29, 1.82) is 0 Å². The second-order valence-corrected chi connectivity index (χ2v) is 5.98. The van der Waals surface area contributed by atoms with Crippen molar-refractivity contribution in [2.75, 3.05) is 0 Å². The molecule has 88 valence electrons. The smallest absolute Gasteiger partial charge is 0.164 e. The molecule has 0 heterocycles. The van der Waals surface area contributed by atoms with E-state index in [-0.39, 0.29) is 11.2 Å². The number of hydrogen-bond acceptors (Lipinski definition) is 1. The number of carbonyl (C=O) groups excluding carboxylic acids is 1. The largest absolute Gasteiger partial charge is 0.294 e. The van der Waals surface area contributed by atoms with E-state index in [0.29, 0.717) is 17.0 Å². The molecule has 0 saturated carbocycles. The number of hydrogen-bond donors (Lipinski definition) is 0. The van der Waals surface area contributed by atoms with Gasteiger partial charge in [-0.3, -0.25) is 4.79 Å². The number of benzene rings is 1. The molecule has 1 aromatic carbocycles. The van der Waals surface area contributed by atoms with Crippen LogP contribution in [-0.2, 0) is 0 Å². The van der Waals surface area contributed by atoms with Gasteiger partial charge in [-0.25, -0.2) is 0 Å². The first-order valence-corrected chi connectivity index (χ1v) is 5.88. The molecule has 0 saturated heterocycles. The van der Waals surface area contributed by atoms with Crippen molar-refractivity contribution in [1.82, 2.24) is 0 Å². The van der Waals surface area contributed by atoms with Gasteiger partial charge >= 0.3 is 0 Å². The molecule has 0 aliphatic rings. The van der Waals surface area contributed by atoms with Crippen molar-refractivity contribution in [2.45, 2.75) is 41.0 Å². The van der Waals surface area contributed by atoms with Crippen molar-refractivity contribution >= 4 is 17.4 Å². The Morgan fingerprint density at radius 1 is 1.19 bits per heavy atom. The highest BCUT2D eigenvalue weighted by atomic mass is 35.5. The summed E-state index contributed by atoms with van der Waals surface area (Å²) in [7, 11) is 0. The molecule has 0 aliphatic carbocycles. The van der Waals surface area contributed by atoms with Crippen LogP contribution in [0.15, 0.2) is 12.1 Å². The summed E-state index contributed by atoms with van der Waals surface area (Å²) in [6.45, 7) is 10.2. The number of rotatable bonds is 2. The van der Waals surface area contributed by atoms with Gasteiger partial charge in [0.05, 0.1) is 5.02 Å². The molecule has 2 heteroatoms. The van der Waals surface area contributed by atoms with Gasteiger partial charge in [0.15, 0.2) is 5.78 Å². The third-order valence-electron chi connectivity index (χ3n) is 2.57. The predicted molar refractivity (Wildman–Crippen MR) is 69.3 cm³/mol. The second-order valence-electron chi connectivity index (χ2n) is 5.58. The maximum absolute atomic E-state index is 12.1. The Morgan fingerprint density at radius 2 is 1.69 bits per heavy atom. The zero-order valence-corrected chi connectivity index (χ0v) is 11.4. The Hall–Kier alpha value is -0.820. The summed E-state index contributed by atoms with van der Waals surface area (Å²) < 4.78 is 0. The molecule has 1 aromatic rings. The van der Waals surface area contributed by atoms with E-state index in [1.54, 1.807) is 0 Å². The minimum Gasteiger partial charge on any atom is -0.294 e. The molecule has 0 radical (unpaired) electrons. The summed E-state index contributed by atoms with van der Waals surface area (Å²) in [5, 5.41) is 0.567. The number of Topliss-reactive ketones (excluding diaryl/α,β-unsaturated/α-hetero) is 1. The Balaban J connectivity index is 3.05. The van der Waals surface area contributed by atoms with Crippen LogP contribution in [0, 0.1) is 19.3 Å². The quantitative estimate of drug-likeness (QED) is 0.690. The van der Waals surface area contributed by atoms with Crippen molar-refractivity contribution in [2.24, 2.45) is 5.41 Å². The van der Waals surface area contributed by atoms with Gasteiger partial charge < -0.3 is 0 Å². The maximum atomic E-state index is 12.1. The molecule has 0 fully saturated rings. The first-order valence-electron chi connectivity index (χ1n) is 5.50. The molecule has 0 spiro atoms. The van der Waals surface area contributed by atoms with E-state index >= 15 is 0 Å². The van der Waals surface area contributed by atoms with E-state index in [2.05, 4.69) is 20.8 Å². The van der Waals surface area contributed by atoms with Crippen LogP contribution in [0.3, 0.4) is 0 Å². The Kier molecular flexibility index (Phi) is 3.80. The van der Waals surface area contributed by atoms with Crippen LogP contribution in [0.1, 0.15) is 48.7 Å². The van der Waals surface area contributed by atoms with Gasteiger partial charge in [-0.2, -0.15) is 0 Å². The van der Waals surface area contributed by atoms with Crippen LogP contribution in [-0.4, -0.2) is 5.78 Å². The molecular formula is C14H19ClO. The van der Waals surface area contributed by atoms with Crippen molar-refractivity contribution in [3.05, 3.63) is 33.8 Å². The number of ketones is 1. The molecule has 1 nitrogen and oxygen atoms in total. The van der Waals surface area contributed by atoms with Crippen molar-refractivity contribution in [3.63, 3.8) is 0 Å². The zero-order valence-electron chi connectivity index (χ0n) is 10.6. The molecule has 0 bridgehead atoms. The fourth-order valence-corrected chi connectivity index (χ4v) is 1.90. The molecule has 0 unspecified atom stereocenters. The van der Waals surface area contributed by atoms with Crippen LogP contribution in [0.4, 0.5) is 0 Å². The number of aryl methyl sites for hydroxylation is 2. The van der Waals surface area contributed by atoms with Crippen LogP contribution in [0.5, 0.6) is 0 Å². The zero-order chi connectivity index (χ0) is 12.5.